The van der Waals surface area contributed by atoms with Crippen LogP contribution in [0.2, 0.25) is 0 Å². The van der Waals surface area contributed by atoms with Crippen molar-refractivity contribution in [3.63, 3.8) is 0 Å². The number of nitrogens with zero attached hydrogens (tertiary/aromatic N) is 1. The number of phosphoric ester groups is 1. The van der Waals surface area contributed by atoms with Gasteiger partial charge in [-0.05, 0) is 6.07 Å². The van der Waals surface area contributed by atoms with Gasteiger partial charge in [-0.1, -0.05) is 6.07 Å². The number of phosphoric acid groups is 1. The second-order valence-electron chi connectivity index (χ2n) is 2.34. The summed E-state index contributed by atoms with van der Waals surface area (Å²) >= 11 is 0. The van der Waals surface area contributed by atoms with E-state index in [0.717, 1.165) is 6.07 Å². The van der Waals surface area contributed by atoms with Gasteiger partial charge in [-0.15, -0.1) is 0 Å². The van der Waals surface area contributed by atoms with E-state index < -0.39 is 12.7 Å². The SMILES string of the molecule is O=[N+]([O-])c1cccc(OP(=O)(O)O)c1. The lowest BCUT2D eigenvalue weighted by atomic mass is 10.3. The number of hydrogen-bond acceptors (Lipinski definition) is 4. The van der Waals surface area contributed by atoms with Crippen molar-refractivity contribution >= 4 is 13.5 Å². The Labute approximate surface area is 78.3 Å². The van der Waals surface area contributed by atoms with Gasteiger partial charge in [-0.2, -0.15) is 0 Å². The third-order valence-electron chi connectivity index (χ3n) is 1.25. The topological polar surface area (TPSA) is 110 Å². The standard InChI is InChI=1S/C6H6NO6P/c8-7(9)5-2-1-3-6(4-5)13-14(10,11)12/h1-4H,(H2,10,11,12). The van der Waals surface area contributed by atoms with Crippen LogP contribution in [0.25, 0.3) is 0 Å². The molecule has 0 aromatic heterocycles. The average molecular weight is 219 g/mol. The van der Waals surface area contributed by atoms with E-state index in [1.807, 2.05) is 0 Å². The third-order valence-corrected chi connectivity index (χ3v) is 1.70. The smallest absolute Gasteiger partial charge is 0.404 e. The molecule has 1 rings (SSSR count). The molecule has 0 saturated carbocycles. The number of non-ortho nitro benzene ring substituents is 1. The monoisotopic (exact) mass is 219 g/mol. The van der Waals surface area contributed by atoms with Crippen molar-refractivity contribution in [2.75, 3.05) is 0 Å². The maximum Gasteiger partial charge on any atom is 0.524 e. The highest BCUT2D eigenvalue weighted by Gasteiger charge is 2.17. The zero-order valence-corrected chi connectivity index (χ0v) is 7.63. The molecule has 0 atom stereocenters. The molecular weight excluding hydrogens is 213 g/mol. The molecule has 0 aliphatic carbocycles. The molecule has 0 bridgehead atoms. The van der Waals surface area contributed by atoms with Gasteiger partial charge in [0, 0.05) is 6.07 Å². The quantitative estimate of drug-likeness (QED) is 0.446. The van der Waals surface area contributed by atoms with Gasteiger partial charge in [0.1, 0.15) is 5.75 Å². The first-order chi connectivity index (χ1) is 6.38. The predicted octanol–water partition coefficient (Wildman–Crippen LogP) is 1.07. The van der Waals surface area contributed by atoms with Crippen molar-refractivity contribution in [2.24, 2.45) is 0 Å². The van der Waals surface area contributed by atoms with E-state index >= 15 is 0 Å². The van der Waals surface area contributed by atoms with Gasteiger partial charge in [0.2, 0.25) is 0 Å². The second-order valence-corrected chi connectivity index (χ2v) is 3.50. The van der Waals surface area contributed by atoms with Crippen LogP contribution in [0.15, 0.2) is 24.3 Å². The molecule has 0 saturated heterocycles. The first-order valence-electron chi connectivity index (χ1n) is 3.38. The molecule has 76 valence electrons. The van der Waals surface area contributed by atoms with E-state index in [0.29, 0.717) is 0 Å². The molecule has 7 nitrogen and oxygen atoms in total. The van der Waals surface area contributed by atoms with Gasteiger partial charge in [0.15, 0.2) is 0 Å². The Hall–Kier alpha value is -1.43. The Morgan fingerprint density at radius 1 is 1.43 bits per heavy atom. The van der Waals surface area contributed by atoms with Crippen LogP contribution < -0.4 is 4.52 Å². The van der Waals surface area contributed by atoms with E-state index in [-0.39, 0.29) is 11.4 Å². The molecule has 0 radical (unpaired) electrons. The van der Waals surface area contributed by atoms with Crippen molar-refractivity contribution in [3.05, 3.63) is 34.4 Å². The summed E-state index contributed by atoms with van der Waals surface area (Å²) in [6.07, 6.45) is 0. The summed E-state index contributed by atoms with van der Waals surface area (Å²) in [5.74, 6) is -0.243. The lowest BCUT2D eigenvalue weighted by Crippen LogP contribution is -1.92. The van der Waals surface area contributed by atoms with Crippen LogP contribution in [-0.2, 0) is 4.57 Å². The molecule has 1 aromatic carbocycles. The van der Waals surface area contributed by atoms with Crippen LogP contribution in [0.4, 0.5) is 5.69 Å². The molecule has 0 fully saturated rings. The fourth-order valence-electron chi connectivity index (χ4n) is 0.791. The van der Waals surface area contributed by atoms with Gasteiger partial charge in [0.25, 0.3) is 5.69 Å². The zero-order chi connectivity index (χ0) is 10.8. The van der Waals surface area contributed by atoms with E-state index in [1.165, 1.54) is 18.2 Å². The summed E-state index contributed by atoms with van der Waals surface area (Å²) in [6.45, 7) is 0. The molecule has 14 heavy (non-hydrogen) atoms. The number of hydrogen-bond donors (Lipinski definition) is 2. The molecule has 0 heterocycles. The van der Waals surface area contributed by atoms with Crippen molar-refractivity contribution in [1.82, 2.24) is 0 Å². The molecule has 2 N–H and O–H groups in total. The fourth-order valence-corrected chi connectivity index (χ4v) is 1.18. The Balaban J connectivity index is 2.95. The minimum absolute atomic E-state index is 0.243. The number of benzene rings is 1. The summed E-state index contributed by atoms with van der Waals surface area (Å²) in [4.78, 5) is 26.4. The molecule has 0 spiro atoms. The maximum absolute atomic E-state index is 10.4. The number of nitro benzene ring substituents is 1. The highest BCUT2D eigenvalue weighted by atomic mass is 31.2. The summed E-state index contributed by atoms with van der Waals surface area (Å²) in [5.41, 5.74) is -0.295. The van der Waals surface area contributed by atoms with Gasteiger partial charge in [-0.3, -0.25) is 19.9 Å². The van der Waals surface area contributed by atoms with Gasteiger partial charge >= 0.3 is 7.82 Å². The molecule has 8 heteroatoms. The number of rotatable bonds is 3. The highest BCUT2D eigenvalue weighted by molar-refractivity contribution is 7.46. The minimum Gasteiger partial charge on any atom is -0.404 e. The van der Waals surface area contributed by atoms with Gasteiger partial charge in [0.05, 0.1) is 11.0 Å². The molecule has 0 aliphatic heterocycles. The van der Waals surface area contributed by atoms with Gasteiger partial charge in [-0.25, -0.2) is 4.57 Å². The van der Waals surface area contributed by atoms with Crippen molar-refractivity contribution < 1.29 is 23.8 Å². The number of nitro groups is 1. The lowest BCUT2D eigenvalue weighted by molar-refractivity contribution is -0.384. The van der Waals surface area contributed by atoms with Crippen LogP contribution in [0.1, 0.15) is 0 Å². The second kappa shape index (κ2) is 3.75. The molecule has 0 amide bonds. The maximum atomic E-state index is 10.4. The molecular formula is C6H6NO6P. The fraction of sp³-hybridized carbons (Fsp3) is 0. The Morgan fingerprint density at radius 3 is 2.57 bits per heavy atom. The minimum atomic E-state index is -4.66. The van der Waals surface area contributed by atoms with Crippen molar-refractivity contribution in [3.8, 4) is 5.75 Å². The van der Waals surface area contributed by atoms with Crippen LogP contribution in [0.3, 0.4) is 0 Å². The van der Waals surface area contributed by atoms with Crippen LogP contribution >= 0.6 is 7.82 Å². The van der Waals surface area contributed by atoms with Gasteiger partial charge < -0.3 is 4.52 Å². The zero-order valence-electron chi connectivity index (χ0n) is 6.73. The average Bonchev–Trinajstić information content (AvgIpc) is 2.01. The van der Waals surface area contributed by atoms with Crippen molar-refractivity contribution in [1.29, 1.82) is 0 Å². The molecule has 0 unspecified atom stereocenters. The van der Waals surface area contributed by atoms with E-state index in [4.69, 9.17) is 9.79 Å². The summed E-state index contributed by atoms with van der Waals surface area (Å²) in [7, 11) is -4.66. The normalized spacial score (nSPS) is 11.0. The Kier molecular flexibility index (Phi) is 2.85. The largest absolute Gasteiger partial charge is 0.524 e. The first-order valence-corrected chi connectivity index (χ1v) is 4.91. The summed E-state index contributed by atoms with van der Waals surface area (Å²) in [5, 5.41) is 10.3. The predicted molar refractivity (Wildman–Crippen MR) is 45.8 cm³/mol. The summed E-state index contributed by atoms with van der Waals surface area (Å²) < 4.78 is 14.5. The third kappa shape index (κ3) is 3.14. The lowest BCUT2D eigenvalue weighted by Gasteiger charge is -2.05. The Morgan fingerprint density at radius 2 is 2.07 bits per heavy atom. The van der Waals surface area contributed by atoms with E-state index in [9.17, 15) is 14.7 Å². The highest BCUT2D eigenvalue weighted by Crippen LogP contribution is 2.38. The molecule has 0 aliphatic rings. The van der Waals surface area contributed by atoms with Crippen LogP contribution in [0, 0.1) is 10.1 Å². The molecule has 1 aromatic rings. The summed E-state index contributed by atoms with van der Waals surface area (Å²) in [6, 6.07) is 4.60. The Bertz CT molecular complexity index is 399. The van der Waals surface area contributed by atoms with Crippen LogP contribution in [-0.4, -0.2) is 14.7 Å². The van der Waals surface area contributed by atoms with Crippen molar-refractivity contribution in [2.45, 2.75) is 0 Å². The van der Waals surface area contributed by atoms with E-state index in [2.05, 4.69) is 4.52 Å². The van der Waals surface area contributed by atoms with Crippen LogP contribution in [0.5, 0.6) is 5.75 Å². The first kappa shape index (κ1) is 10.6. The van der Waals surface area contributed by atoms with E-state index in [1.54, 1.807) is 0 Å².